The molecule has 3 rings (SSSR count). The molecule has 122 valence electrons. The molecule has 0 radical (unpaired) electrons. The van der Waals surface area contributed by atoms with E-state index in [1.54, 1.807) is 12.6 Å². The van der Waals surface area contributed by atoms with Crippen LogP contribution in [0.3, 0.4) is 0 Å². The van der Waals surface area contributed by atoms with E-state index in [0.717, 1.165) is 17.0 Å². The van der Waals surface area contributed by atoms with Gasteiger partial charge in [-0.25, -0.2) is 13.4 Å². The van der Waals surface area contributed by atoms with Crippen molar-refractivity contribution in [2.24, 2.45) is 5.92 Å². The van der Waals surface area contributed by atoms with Crippen LogP contribution in [0.4, 0.5) is 0 Å². The van der Waals surface area contributed by atoms with Gasteiger partial charge in [-0.05, 0) is 25.8 Å². The summed E-state index contributed by atoms with van der Waals surface area (Å²) < 4.78 is 23.0. The lowest BCUT2D eigenvalue weighted by Crippen LogP contribution is -2.42. The molecule has 1 aromatic rings. The second-order valence-electron chi connectivity index (χ2n) is 6.01. The number of hydrogen-bond donors (Lipinski definition) is 1. The first-order chi connectivity index (χ1) is 10.5. The molecule has 6 nitrogen and oxygen atoms in total. The Balaban J connectivity index is 1.70. The topological polar surface area (TPSA) is 79.4 Å². The smallest absolute Gasteiger partial charge is 0.245 e. The van der Waals surface area contributed by atoms with Gasteiger partial charge in [-0.15, -0.1) is 11.3 Å². The molecule has 1 unspecified atom stereocenters. The minimum atomic E-state index is -2.85. The molecule has 2 aliphatic rings. The molecule has 1 fully saturated rings. The van der Waals surface area contributed by atoms with Crippen LogP contribution in [-0.2, 0) is 21.1 Å². The molecule has 0 aliphatic carbocycles. The number of likely N-dealkylation sites (N-methyl/N-ethyl adjacent to an activating group) is 1. The third-order valence-corrected chi connectivity index (χ3v) is 7.20. The van der Waals surface area contributed by atoms with Crippen LogP contribution in [-0.4, -0.2) is 55.9 Å². The second-order valence-corrected chi connectivity index (χ2v) is 9.20. The van der Waals surface area contributed by atoms with Crippen molar-refractivity contribution in [1.29, 1.82) is 0 Å². The lowest BCUT2D eigenvalue weighted by atomic mass is 10.0. The van der Waals surface area contributed by atoms with Gasteiger partial charge >= 0.3 is 0 Å². The van der Waals surface area contributed by atoms with Gasteiger partial charge in [-0.3, -0.25) is 4.79 Å². The van der Waals surface area contributed by atoms with Crippen LogP contribution < -0.4 is 5.32 Å². The van der Waals surface area contributed by atoms with E-state index in [4.69, 9.17) is 0 Å². The number of fused-ring (bicyclic) bond motifs is 1. The first-order valence-corrected chi connectivity index (χ1v) is 10.3. The van der Waals surface area contributed by atoms with E-state index in [0.29, 0.717) is 25.9 Å². The maximum atomic E-state index is 12.8. The zero-order valence-electron chi connectivity index (χ0n) is 12.6. The zero-order valence-corrected chi connectivity index (χ0v) is 14.3. The Hall–Kier alpha value is -0.990. The van der Waals surface area contributed by atoms with E-state index in [9.17, 15) is 13.2 Å². The minimum absolute atomic E-state index is 0.0823. The average Bonchev–Trinajstić information content (AvgIpc) is 2.89. The Morgan fingerprint density at radius 2 is 2.14 bits per heavy atom. The zero-order chi connectivity index (χ0) is 15.7. The van der Waals surface area contributed by atoms with Crippen molar-refractivity contribution in [3.05, 3.63) is 16.1 Å². The quantitative estimate of drug-likeness (QED) is 0.870. The molecule has 0 saturated carbocycles. The van der Waals surface area contributed by atoms with E-state index in [1.165, 1.54) is 11.3 Å². The second kappa shape index (κ2) is 6.25. The van der Waals surface area contributed by atoms with Gasteiger partial charge in [0.25, 0.3) is 0 Å². The number of aromatic nitrogens is 1. The molecule has 1 atom stereocenters. The number of thiazole rings is 1. The summed E-state index contributed by atoms with van der Waals surface area (Å²) in [5.41, 5.74) is 2.80. The third kappa shape index (κ3) is 3.18. The summed E-state index contributed by atoms with van der Waals surface area (Å²) in [6.07, 6.45) is 2.10. The largest absolute Gasteiger partial charge is 0.340 e. The predicted molar refractivity (Wildman–Crippen MR) is 85.6 cm³/mol. The van der Waals surface area contributed by atoms with E-state index >= 15 is 0 Å². The molecular weight excluding hydrogens is 322 g/mol. The number of amides is 1. The fraction of sp³-hybridized carbons (Fsp3) is 0.714. The van der Waals surface area contributed by atoms with Crippen molar-refractivity contribution in [3.63, 3.8) is 0 Å². The average molecular weight is 343 g/mol. The van der Waals surface area contributed by atoms with Crippen LogP contribution in [0.5, 0.6) is 0 Å². The molecule has 1 N–H and O–H groups in total. The summed E-state index contributed by atoms with van der Waals surface area (Å²) in [7, 11) is -1.06. The first kappa shape index (κ1) is 15.9. The summed E-state index contributed by atoms with van der Waals surface area (Å²) in [6.45, 7) is 1.32. The Bertz CT molecular complexity index is 642. The van der Waals surface area contributed by atoms with Gasteiger partial charge in [0.05, 0.1) is 27.6 Å². The fourth-order valence-electron chi connectivity index (χ4n) is 3.22. The molecule has 22 heavy (non-hydrogen) atoms. The monoisotopic (exact) mass is 343 g/mol. The van der Waals surface area contributed by atoms with Gasteiger partial charge in [-0.2, -0.15) is 0 Å². The van der Waals surface area contributed by atoms with Crippen molar-refractivity contribution >= 4 is 27.1 Å². The molecule has 1 amide bonds. The standard InChI is InChI=1S/C14H21N3O3S2/c1-15-12-13-11(16-9-21-13)2-5-17(14(12)18)8-10-3-6-22(19,20)7-4-10/h9-10,12,15H,2-8H2,1H3. The number of rotatable bonds is 3. The van der Waals surface area contributed by atoms with Crippen molar-refractivity contribution in [2.45, 2.75) is 25.3 Å². The van der Waals surface area contributed by atoms with Gasteiger partial charge in [-0.1, -0.05) is 0 Å². The molecule has 8 heteroatoms. The normalized spacial score (nSPS) is 25.8. The molecular formula is C14H21N3O3S2. The SMILES string of the molecule is CNC1C(=O)N(CC2CCS(=O)(=O)CC2)CCc2ncsc21. The highest BCUT2D eigenvalue weighted by Gasteiger charge is 2.33. The van der Waals surface area contributed by atoms with E-state index < -0.39 is 9.84 Å². The van der Waals surface area contributed by atoms with Crippen molar-refractivity contribution in [2.75, 3.05) is 31.6 Å². The summed E-state index contributed by atoms with van der Waals surface area (Å²) in [6, 6.07) is -0.322. The highest BCUT2D eigenvalue weighted by Crippen LogP contribution is 2.29. The molecule has 1 aromatic heterocycles. The Labute approximate surface area is 134 Å². The van der Waals surface area contributed by atoms with Crippen molar-refractivity contribution in [3.8, 4) is 0 Å². The Morgan fingerprint density at radius 3 is 2.82 bits per heavy atom. The lowest BCUT2D eigenvalue weighted by Gasteiger charge is -2.30. The van der Waals surface area contributed by atoms with Gasteiger partial charge in [0.1, 0.15) is 15.9 Å². The molecule has 1 saturated heterocycles. The first-order valence-electron chi connectivity index (χ1n) is 7.59. The van der Waals surface area contributed by atoms with Crippen LogP contribution in [0.15, 0.2) is 5.51 Å². The summed E-state index contributed by atoms with van der Waals surface area (Å²) >= 11 is 1.52. The van der Waals surface area contributed by atoms with Gasteiger partial charge < -0.3 is 10.2 Å². The predicted octanol–water partition coefficient (Wildman–Crippen LogP) is 0.613. The van der Waals surface area contributed by atoms with Crippen LogP contribution in [0.25, 0.3) is 0 Å². The maximum absolute atomic E-state index is 12.8. The molecule has 0 bridgehead atoms. The molecule has 2 aliphatic heterocycles. The number of sulfone groups is 1. The van der Waals surface area contributed by atoms with Crippen LogP contribution >= 0.6 is 11.3 Å². The van der Waals surface area contributed by atoms with Crippen LogP contribution in [0, 0.1) is 5.92 Å². The molecule has 0 spiro atoms. The third-order valence-electron chi connectivity index (χ3n) is 4.55. The van der Waals surface area contributed by atoms with Gasteiger partial charge in [0, 0.05) is 19.5 Å². The van der Waals surface area contributed by atoms with Crippen molar-refractivity contribution in [1.82, 2.24) is 15.2 Å². The number of carbonyl (C=O) groups excluding carboxylic acids is 1. The highest BCUT2D eigenvalue weighted by molar-refractivity contribution is 7.91. The van der Waals surface area contributed by atoms with Gasteiger partial charge in [0.2, 0.25) is 5.91 Å². The fourth-order valence-corrected chi connectivity index (χ4v) is 5.74. The Kier molecular flexibility index (Phi) is 4.52. The minimum Gasteiger partial charge on any atom is -0.340 e. The number of hydrogen-bond acceptors (Lipinski definition) is 6. The number of carbonyl (C=O) groups is 1. The molecule has 0 aromatic carbocycles. The van der Waals surface area contributed by atoms with Crippen LogP contribution in [0.1, 0.15) is 29.5 Å². The van der Waals surface area contributed by atoms with Crippen LogP contribution in [0.2, 0.25) is 0 Å². The molecule has 3 heterocycles. The summed E-state index contributed by atoms with van der Waals surface area (Å²) in [4.78, 5) is 20.0. The number of nitrogens with zero attached hydrogens (tertiary/aromatic N) is 2. The highest BCUT2D eigenvalue weighted by atomic mass is 32.2. The van der Waals surface area contributed by atoms with E-state index in [1.807, 2.05) is 4.90 Å². The van der Waals surface area contributed by atoms with Crippen molar-refractivity contribution < 1.29 is 13.2 Å². The van der Waals surface area contributed by atoms with E-state index in [-0.39, 0.29) is 29.4 Å². The summed E-state index contributed by atoms with van der Waals surface area (Å²) in [5, 5.41) is 3.10. The van der Waals surface area contributed by atoms with Gasteiger partial charge in [0.15, 0.2) is 0 Å². The Morgan fingerprint density at radius 1 is 1.41 bits per heavy atom. The van der Waals surface area contributed by atoms with E-state index in [2.05, 4.69) is 10.3 Å². The number of nitrogens with one attached hydrogen (secondary N) is 1. The summed E-state index contributed by atoms with van der Waals surface area (Å²) in [5.74, 6) is 0.877. The maximum Gasteiger partial charge on any atom is 0.245 e. The lowest BCUT2D eigenvalue weighted by molar-refractivity contribution is -0.133.